The van der Waals surface area contributed by atoms with E-state index in [2.05, 4.69) is 26.2 Å². The number of hydrogen-bond acceptors (Lipinski definition) is 4. The van der Waals surface area contributed by atoms with Crippen LogP contribution >= 0.6 is 27.3 Å². The second kappa shape index (κ2) is 5.94. The fraction of sp³-hybridized carbons (Fsp3) is 0.167. The minimum absolute atomic E-state index is 0.198. The van der Waals surface area contributed by atoms with Crippen LogP contribution in [-0.2, 0) is 6.42 Å². The number of thiazole rings is 1. The summed E-state index contributed by atoms with van der Waals surface area (Å²) in [7, 11) is 0. The van der Waals surface area contributed by atoms with Gasteiger partial charge in [0.05, 0.1) is 20.7 Å². The number of nitrogens with zero attached hydrogens (tertiary/aromatic N) is 2. The van der Waals surface area contributed by atoms with E-state index in [1.807, 2.05) is 11.4 Å². The SMILES string of the molecule is N#Cc1ccc(NCCc2nccs2)c(F)c1Br. The molecule has 1 N–H and O–H groups in total. The molecule has 0 aliphatic rings. The Bertz CT molecular complexity index is 578. The van der Waals surface area contributed by atoms with Crippen molar-refractivity contribution in [1.82, 2.24) is 4.98 Å². The summed E-state index contributed by atoms with van der Waals surface area (Å²) in [5.74, 6) is -0.437. The first-order valence-corrected chi connectivity index (χ1v) is 6.90. The van der Waals surface area contributed by atoms with Gasteiger partial charge in [-0.1, -0.05) is 0 Å². The number of hydrogen-bond donors (Lipinski definition) is 1. The highest BCUT2D eigenvalue weighted by Gasteiger charge is 2.10. The van der Waals surface area contributed by atoms with Crippen LogP contribution in [0.2, 0.25) is 0 Å². The Balaban J connectivity index is 2.02. The van der Waals surface area contributed by atoms with E-state index < -0.39 is 5.82 Å². The van der Waals surface area contributed by atoms with Crippen LogP contribution in [0.15, 0.2) is 28.2 Å². The second-order valence-electron chi connectivity index (χ2n) is 3.50. The van der Waals surface area contributed by atoms with Crippen molar-refractivity contribution in [2.45, 2.75) is 6.42 Å². The maximum absolute atomic E-state index is 13.8. The van der Waals surface area contributed by atoms with Crippen LogP contribution in [0.1, 0.15) is 10.6 Å². The lowest BCUT2D eigenvalue weighted by Crippen LogP contribution is -2.06. The summed E-state index contributed by atoms with van der Waals surface area (Å²) in [5, 5.41) is 14.7. The highest BCUT2D eigenvalue weighted by atomic mass is 79.9. The first-order valence-electron chi connectivity index (χ1n) is 5.22. The van der Waals surface area contributed by atoms with Crippen molar-refractivity contribution in [2.75, 3.05) is 11.9 Å². The fourth-order valence-electron chi connectivity index (χ4n) is 1.45. The first-order chi connectivity index (χ1) is 8.72. The molecule has 6 heteroatoms. The Kier molecular flexibility index (Phi) is 4.28. The number of nitrogens with one attached hydrogen (secondary N) is 1. The van der Waals surface area contributed by atoms with Gasteiger partial charge in [-0.15, -0.1) is 11.3 Å². The van der Waals surface area contributed by atoms with Gasteiger partial charge in [0.1, 0.15) is 6.07 Å². The lowest BCUT2D eigenvalue weighted by atomic mass is 10.2. The monoisotopic (exact) mass is 325 g/mol. The number of aromatic nitrogens is 1. The third kappa shape index (κ3) is 2.86. The van der Waals surface area contributed by atoms with E-state index in [1.54, 1.807) is 29.7 Å². The van der Waals surface area contributed by atoms with Gasteiger partial charge in [-0.3, -0.25) is 0 Å². The lowest BCUT2D eigenvalue weighted by Gasteiger charge is -2.08. The van der Waals surface area contributed by atoms with Crippen LogP contribution in [0.5, 0.6) is 0 Å². The van der Waals surface area contributed by atoms with Crippen molar-refractivity contribution in [1.29, 1.82) is 5.26 Å². The average molecular weight is 326 g/mol. The summed E-state index contributed by atoms with van der Waals surface area (Å²) >= 11 is 4.65. The van der Waals surface area contributed by atoms with Gasteiger partial charge in [-0.2, -0.15) is 5.26 Å². The van der Waals surface area contributed by atoms with E-state index in [4.69, 9.17) is 5.26 Å². The van der Waals surface area contributed by atoms with Gasteiger partial charge in [0.2, 0.25) is 0 Å². The van der Waals surface area contributed by atoms with Crippen molar-refractivity contribution in [2.24, 2.45) is 0 Å². The molecule has 3 nitrogen and oxygen atoms in total. The molecule has 0 aliphatic carbocycles. The number of halogens is 2. The van der Waals surface area contributed by atoms with Crippen molar-refractivity contribution in [3.05, 3.63) is 44.6 Å². The number of benzene rings is 1. The van der Waals surface area contributed by atoms with Crippen LogP contribution in [0.4, 0.5) is 10.1 Å². The molecule has 0 saturated carbocycles. The molecule has 18 heavy (non-hydrogen) atoms. The Hall–Kier alpha value is -1.45. The second-order valence-corrected chi connectivity index (χ2v) is 5.28. The average Bonchev–Trinajstić information content (AvgIpc) is 2.88. The molecule has 1 heterocycles. The molecule has 1 aromatic heterocycles. The zero-order valence-corrected chi connectivity index (χ0v) is 11.7. The Labute approximate surface area is 116 Å². The molecule has 0 saturated heterocycles. The van der Waals surface area contributed by atoms with Crippen LogP contribution in [0.3, 0.4) is 0 Å². The van der Waals surface area contributed by atoms with Gasteiger partial charge in [0, 0.05) is 24.5 Å². The maximum Gasteiger partial charge on any atom is 0.161 e. The van der Waals surface area contributed by atoms with E-state index in [-0.39, 0.29) is 10.0 Å². The maximum atomic E-state index is 13.8. The molecule has 0 bridgehead atoms. The summed E-state index contributed by atoms with van der Waals surface area (Å²) in [4.78, 5) is 4.15. The van der Waals surface area contributed by atoms with Crippen LogP contribution in [0, 0.1) is 17.1 Å². The zero-order valence-electron chi connectivity index (χ0n) is 9.28. The summed E-state index contributed by atoms with van der Waals surface area (Å²) in [6.07, 6.45) is 2.49. The van der Waals surface area contributed by atoms with Crippen LogP contribution < -0.4 is 5.32 Å². The molecule has 0 spiro atoms. The number of nitriles is 1. The normalized spacial score (nSPS) is 10.1. The minimum Gasteiger partial charge on any atom is -0.382 e. The smallest absolute Gasteiger partial charge is 0.161 e. The number of rotatable bonds is 4. The molecule has 92 valence electrons. The van der Waals surface area contributed by atoms with Crippen molar-refractivity contribution in [3.8, 4) is 6.07 Å². The molecule has 1 aromatic carbocycles. The Morgan fingerprint density at radius 1 is 1.50 bits per heavy atom. The van der Waals surface area contributed by atoms with Crippen LogP contribution in [-0.4, -0.2) is 11.5 Å². The van der Waals surface area contributed by atoms with E-state index in [0.717, 1.165) is 11.4 Å². The largest absolute Gasteiger partial charge is 0.382 e. The molecule has 2 aromatic rings. The standard InChI is InChI=1S/C12H9BrFN3S/c13-11-8(7-15)1-2-9(12(11)14)16-4-3-10-17-5-6-18-10/h1-2,5-6,16H,3-4H2. The third-order valence-electron chi connectivity index (χ3n) is 2.34. The molecule has 0 aliphatic heterocycles. The molecular weight excluding hydrogens is 317 g/mol. The fourth-order valence-corrected chi connectivity index (χ4v) is 2.51. The highest BCUT2D eigenvalue weighted by Crippen LogP contribution is 2.26. The van der Waals surface area contributed by atoms with Gasteiger partial charge < -0.3 is 5.32 Å². The van der Waals surface area contributed by atoms with Crippen molar-refractivity contribution < 1.29 is 4.39 Å². The molecule has 0 amide bonds. The zero-order chi connectivity index (χ0) is 13.0. The predicted molar refractivity (Wildman–Crippen MR) is 73.1 cm³/mol. The molecule has 0 unspecified atom stereocenters. The van der Waals surface area contributed by atoms with Crippen molar-refractivity contribution >= 4 is 33.0 Å². The minimum atomic E-state index is -0.437. The summed E-state index contributed by atoms with van der Waals surface area (Å²) < 4.78 is 14.0. The molecule has 0 radical (unpaired) electrons. The van der Waals surface area contributed by atoms with E-state index in [1.165, 1.54) is 0 Å². The molecular formula is C12H9BrFN3S. The van der Waals surface area contributed by atoms with E-state index >= 15 is 0 Å². The van der Waals surface area contributed by atoms with E-state index in [0.29, 0.717) is 12.2 Å². The van der Waals surface area contributed by atoms with Gasteiger partial charge >= 0.3 is 0 Å². The third-order valence-corrected chi connectivity index (χ3v) is 3.96. The van der Waals surface area contributed by atoms with Gasteiger partial charge in [-0.25, -0.2) is 9.37 Å². The Morgan fingerprint density at radius 3 is 3.00 bits per heavy atom. The lowest BCUT2D eigenvalue weighted by molar-refractivity contribution is 0.623. The van der Waals surface area contributed by atoms with E-state index in [9.17, 15) is 4.39 Å². The first kappa shape index (κ1) is 13.0. The van der Waals surface area contributed by atoms with Crippen molar-refractivity contribution in [3.63, 3.8) is 0 Å². The van der Waals surface area contributed by atoms with Crippen LogP contribution in [0.25, 0.3) is 0 Å². The molecule has 0 fully saturated rings. The predicted octanol–water partition coefficient (Wildman–Crippen LogP) is 3.57. The molecule has 2 rings (SSSR count). The van der Waals surface area contributed by atoms with Gasteiger partial charge in [0.15, 0.2) is 5.82 Å². The summed E-state index contributed by atoms with van der Waals surface area (Å²) in [6.45, 7) is 0.600. The molecule has 0 atom stereocenters. The highest BCUT2D eigenvalue weighted by molar-refractivity contribution is 9.10. The quantitative estimate of drug-likeness (QED) is 0.934. The summed E-state index contributed by atoms with van der Waals surface area (Å²) in [6, 6.07) is 5.07. The summed E-state index contributed by atoms with van der Waals surface area (Å²) in [5.41, 5.74) is 0.676. The van der Waals surface area contributed by atoms with Gasteiger partial charge in [0.25, 0.3) is 0 Å². The Morgan fingerprint density at radius 2 is 2.33 bits per heavy atom. The topological polar surface area (TPSA) is 48.7 Å². The number of anilines is 1. The van der Waals surface area contributed by atoms with Gasteiger partial charge in [-0.05, 0) is 28.1 Å².